The molecule has 0 bridgehead atoms. The third-order valence-electron chi connectivity index (χ3n) is 7.38. The molecule has 3 N–H and O–H groups in total. The third-order valence-corrected chi connectivity index (χ3v) is 7.68. The minimum atomic E-state index is -0.892. The summed E-state index contributed by atoms with van der Waals surface area (Å²) in [5, 5.41) is 21.8. The largest absolute Gasteiger partial charge is 0.497 e. The molecular weight excluding hydrogens is 480 g/mol. The molecule has 1 unspecified atom stereocenters. The minimum Gasteiger partial charge on any atom is -0.497 e. The summed E-state index contributed by atoms with van der Waals surface area (Å²) in [7, 11) is 1.58. The summed E-state index contributed by atoms with van der Waals surface area (Å²) in [6.45, 7) is 2.47. The van der Waals surface area contributed by atoms with Crippen LogP contribution in [-0.2, 0) is 11.2 Å². The zero-order valence-electron chi connectivity index (χ0n) is 20.5. The van der Waals surface area contributed by atoms with Crippen LogP contribution in [0.5, 0.6) is 5.75 Å². The second-order valence-electron chi connectivity index (χ2n) is 9.48. The minimum absolute atomic E-state index is 0.325. The van der Waals surface area contributed by atoms with Crippen LogP contribution in [-0.4, -0.2) is 57.8 Å². The summed E-state index contributed by atoms with van der Waals surface area (Å²) in [4.78, 5) is 23.6. The van der Waals surface area contributed by atoms with E-state index in [0.717, 1.165) is 37.9 Å². The van der Waals surface area contributed by atoms with Gasteiger partial charge in [-0.25, -0.2) is 5.48 Å². The monoisotopic (exact) mass is 512 g/mol. The lowest BCUT2D eigenvalue weighted by Gasteiger charge is -2.40. The summed E-state index contributed by atoms with van der Waals surface area (Å²) < 4.78 is 5.34. The molecule has 9 heteroatoms. The van der Waals surface area contributed by atoms with Crippen LogP contribution < -0.4 is 10.2 Å². The van der Waals surface area contributed by atoms with Crippen molar-refractivity contribution in [3.05, 3.63) is 65.1 Å². The Bertz CT molecular complexity index is 1170. The van der Waals surface area contributed by atoms with E-state index in [1.54, 1.807) is 7.11 Å². The Kier molecular flexibility index (Phi) is 8.74. The first kappa shape index (κ1) is 26.3. The number of amides is 1. The fourth-order valence-corrected chi connectivity index (χ4v) is 5.44. The molecule has 36 heavy (non-hydrogen) atoms. The number of methoxy groups -OCH3 is 1. The number of hydroxylamine groups is 1. The van der Waals surface area contributed by atoms with Crippen molar-refractivity contribution < 1.29 is 19.8 Å². The summed E-state index contributed by atoms with van der Waals surface area (Å²) in [5.41, 5.74) is 3.68. The molecule has 1 aliphatic rings. The molecule has 0 spiro atoms. The number of nitrogens with one attached hydrogen (secondary N) is 1. The molecule has 4 rings (SSSR count). The van der Waals surface area contributed by atoms with E-state index < -0.39 is 17.4 Å². The van der Waals surface area contributed by atoms with E-state index in [1.807, 2.05) is 48.2 Å². The highest BCUT2D eigenvalue weighted by Gasteiger charge is 2.41. The highest BCUT2D eigenvalue weighted by molar-refractivity contribution is 6.32. The van der Waals surface area contributed by atoms with Crippen LogP contribution in [0.4, 0.5) is 0 Å². The zero-order valence-corrected chi connectivity index (χ0v) is 21.2. The number of hydrogen-bond donors (Lipinski definition) is 3. The SMILES string of the molecule is COc1ccc2ncc(Cl)c(C(O)CCC3(C(=O)NO)CCN(CCCc4ccncc4)CC3)c2c1. The first-order valence-corrected chi connectivity index (χ1v) is 12.7. The molecule has 1 amide bonds. The van der Waals surface area contributed by atoms with E-state index in [2.05, 4.69) is 14.9 Å². The van der Waals surface area contributed by atoms with Gasteiger partial charge in [0.1, 0.15) is 5.75 Å². The first-order chi connectivity index (χ1) is 17.5. The highest BCUT2D eigenvalue weighted by Crippen LogP contribution is 2.41. The maximum atomic E-state index is 12.8. The van der Waals surface area contributed by atoms with Crippen LogP contribution in [0.15, 0.2) is 48.9 Å². The van der Waals surface area contributed by atoms with Crippen molar-refractivity contribution in [3.63, 3.8) is 0 Å². The molecule has 1 fully saturated rings. The highest BCUT2D eigenvalue weighted by atomic mass is 35.5. The Balaban J connectivity index is 1.40. The topological polar surface area (TPSA) is 108 Å². The van der Waals surface area contributed by atoms with Gasteiger partial charge in [0.05, 0.1) is 29.2 Å². The van der Waals surface area contributed by atoms with Gasteiger partial charge in [-0.15, -0.1) is 0 Å². The number of aliphatic hydroxyl groups is 1. The lowest BCUT2D eigenvalue weighted by Crippen LogP contribution is -2.48. The first-order valence-electron chi connectivity index (χ1n) is 12.3. The van der Waals surface area contributed by atoms with Crippen LogP contribution in [0.3, 0.4) is 0 Å². The van der Waals surface area contributed by atoms with Gasteiger partial charge in [-0.1, -0.05) is 11.6 Å². The number of pyridine rings is 2. The lowest BCUT2D eigenvalue weighted by atomic mass is 9.73. The van der Waals surface area contributed by atoms with Gasteiger partial charge in [-0.2, -0.15) is 0 Å². The smallest absolute Gasteiger partial charge is 0.249 e. The number of hydrogen-bond acceptors (Lipinski definition) is 7. The van der Waals surface area contributed by atoms with Crippen molar-refractivity contribution in [1.82, 2.24) is 20.3 Å². The number of aryl methyl sites for hydroxylation is 1. The van der Waals surface area contributed by atoms with E-state index >= 15 is 0 Å². The van der Waals surface area contributed by atoms with Crippen molar-refractivity contribution in [2.45, 2.75) is 44.6 Å². The van der Waals surface area contributed by atoms with E-state index in [9.17, 15) is 15.1 Å². The summed E-state index contributed by atoms with van der Waals surface area (Å²) in [6.07, 6.45) is 8.25. The fourth-order valence-electron chi connectivity index (χ4n) is 5.16. The third kappa shape index (κ3) is 5.95. The zero-order chi connectivity index (χ0) is 25.5. The van der Waals surface area contributed by atoms with Crippen molar-refractivity contribution in [3.8, 4) is 5.75 Å². The molecule has 3 heterocycles. The van der Waals surface area contributed by atoms with E-state index in [0.29, 0.717) is 47.5 Å². The number of ether oxygens (including phenoxy) is 1. The summed E-state index contributed by atoms with van der Waals surface area (Å²) in [5.74, 6) is 0.255. The maximum absolute atomic E-state index is 12.8. The predicted octanol–water partition coefficient (Wildman–Crippen LogP) is 4.33. The molecule has 2 aromatic heterocycles. The van der Waals surface area contributed by atoms with Crippen LogP contribution in [0, 0.1) is 5.41 Å². The Morgan fingerprint density at radius 1 is 1.25 bits per heavy atom. The number of nitrogens with zero attached hydrogens (tertiary/aromatic N) is 3. The molecule has 192 valence electrons. The number of aromatic nitrogens is 2. The van der Waals surface area contributed by atoms with Crippen molar-refractivity contribution >= 4 is 28.4 Å². The summed E-state index contributed by atoms with van der Waals surface area (Å²) in [6, 6.07) is 9.52. The Morgan fingerprint density at radius 2 is 2.00 bits per heavy atom. The fraction of sp³-hybridized carbons (Fsp3) is 0.444. The number of carbonyl (C=O) groups excluding carboxylic acids is 1. The summed E-state index contributed by atoms with van der Waals surface area (Å²) >= 11 is 6.46. The molecule has 1 saturated heterocycles. The van der Waals surface area contributed by atoms with Crippen LogP contribution in [0.25, 0.3) is 10.9 Å². The quantitative estimate of drug-likeness (QED) is 0.274. The lowest BCUT2D eigenvalue weighted by molar-refractivity contribution is -0.143. The van der Waals surface area contributed by atoms with E-state index in [1.165, 1.54) is 11.8 Å². The standard InChI is InChI=1S/C27H33ClN4O4/c1-36-20-4-5-23-21(17-20)25(22(28)18-30-23)24(33)6-9-27(26(34)31-35)10-15-32(16-11-27)14-2-3-19-7-12-29-13-8-19/h4-5,7-8,12-13,17-18,24,33,35H,2-3,6,9-11,14-16H2,1H3,(H,31,34). The molecular formula is C27H33ClN4O4. The van der Waals surface area contributed by atoms with Crippen molar-refractivity contribution in [2.75, 3.05) is 26.7 Å². The van der Waals surface area contributed by atoms with Gasteiger partial charge in [0, 0.05) is 29.5 Å². The van der Waals surface area contributed by atoms with Crippen LogP contribution in [0.1, 0.15) is 49.3 Å². The van der Waals surface area contributed by atoms with E-state index in [4.69, 9.17) is 16.3 Å². The maximum Gasteiger partial charge on any atom is 0.249 e. The number of fused-ring (bicyclic) bond motifs is 1. The average Bonchev–Trinajstić information content (AvgIpc) is 2.92. The molecule has 1 atom stereocenters. The number of piperidine rings is 1. The Labute approximate surface area is 216 Å². The van der Waals surface area contributed by atoms with Gasteiger partial charge in [0.25, 0.3) is 0 Å². The predicted molar refractivity (Wildman–Crippen MR) is 138 cm³/mol. The second kappa shape index (κ2) is 12.0. The van der Waals surface area contributed by atoms with Gasteiger partial charge >= 0.3 is 0 Å². The van der Waals surface area contributed by atoms with Crippen LogP contribution >= 0.6 is 11.6 Å². The Morgan fingerprint density at radius 3 is 2.69 bits per heavy atom. The molecule has 3 aromatic rings. The van der Waals surface area contributed by atoms with Gasteiger partial charge in [0.15, 0.2) is 0 Å². The van der Waals surface area contributed by atoms with Gasteiger partial charge in [-0.3, -0.25) is 20.0 Å². The molecule has 0 aliphatic carbocycles. The van der Waals surface area contributed by atoms with Gasteiger partial charge in [0.2, 0.25) is 5.91 Å². The normalized spacial score (nSPS) is 16.6. The molecule has 1 aliphatic heterocycles. The Hall–Kier alpha value is -2.78. The van der Waals surface area contributed by atoms with Crippen molar-refractivity contribution in [1.29, 1.82) is 0 Å². The number of carbonyl (C=O) groups is 1. The molecule has 0 saturated carbocycles. The molecule has 8 nitrogen and oxygen atoms in total. The number of likely N-dealkylation sites (tertiary alicyclic amines) is 1. The number of rotatable bonds is 10. The average molecular weight is 513 g/mol. The van der Waals surface area contributed by atoms with E-state index in [-0.39, 0.29) is 0 Å². The number of benzene rings is 1. The molecule has 0 radical (unpaired) electrons. The number of halogens is 1. The van der Waals surface area contributed by atoms with Crippen LogP contribution in [0.2, 0.25) is 5.02 Å². The number of aliphatic hydroxyl groups excluding tert-OH is 1. The van der Waals surface area contributed by atoms with Crippen molar-refractivity contribution in [2.24, 2.45) is 5.41 Å². The van der Waals surface area contributed by atoms with Gasteiger partial charge < -0.3 is 14.7 Å². The van der Waals surface area contributed by atoms with Gasteiger partial charge in [-0.05, 0) is 94.1 Å². The molecule has 1 aromatic carbocycles. The second-order valence-corrected chi connectivity index (χ2v) is 9.89.